The topological polar surface area (TPSA) is 49.2 Å². The molecule has 0 unspecified atom stereocenters. The van der Waals surface area contributed by atoms with E-state index >= 15 is 0 Å². The molecule has 1 saturated heterocycles. The summed E-state index contributed by atoms with van der Waals surface area (Å²) in [5, 5.41) is 9.36. The third kappa shape index (κ3) is 1.62. The van der Waals surface area contributed by atoms with Crippen LogP contribution in [0.15, 0.2) is 12.4 Å². The SMILES string of the molecule is Cc1nccnc1N1CC[C@H](O)C1. The van der Waals surface area contributed by atoms with Gasteiger partial charge >= 0.3 is 0 Å². The molecule has 70 valence electrons. The molecule has 0 radical (unpaired) electrons. The lowest BCUT2D eigenvalue weighted by molar-refractivity contribution is 0.198. The standard InChI is InChI=1S/C9H13N3O/c1-7-9(11-4-3-10-7)12-5-2-8(13)6-12/h3-4,8,13H,2,5-6H2,1H3/t8-/m0/s1. The Balaban J connectivity index is 2.21. The van der Waals surface area contributed by atoms with Crippen LogP contribution in [0.5, 0.6) is 0 Å². The Kier molecular flexibility index (Phi) is 2.14. The number of aliphatic hydroxyl groups is 1. The molecule has 0 bridgehead atoms. The van der Waals surface area contributed by atoms with E-state index in [0.717, 1.165) is 24.5 Å². The van der Waals surface area contributed by atoms with Crippen molar-refractivity contribution in [3.8, 4) is 0 Å². The highest BCUT2D eigenvalue weighted by Crippen LogP contribution is 2.19. The van der Waals surface area contributed by atoms with Crippen LogP contribution >= 0.6 is 0 Å². The summed E-state index contributed by atoms with van der Waals surface area (Å²) in [6.07, 6.45) is 4.00. The number of rotatable bonds is 1. The predicted octanol–water partition coefficient (Wildman–Crippen LogP) is 0.356. The van der Waals surface area contributed by atoms with Gasteiger partial charge in [0.05, 0.1) is 11.8 Å². The average molecular weight is 179 g/mol. The summed E-state index contributed by atoms with van der Waals surface area (Å²) in [6.45, 7) is 3.49. The van der Waals surface area contributed by atoms with Gasteiger partial charge in [-0.3, -0.25) is 4.98 Å². The smallest absolute Gasteiger partial charge is 0.150 e. The zero-order valence-electron chi connectivity index (χ0n) is 7.64. The second kappa shape index (κ2) is 3.30. The minimum absolute atomic E-state index is 0.207. The van der Waals surface area contributed by atoms with Crippen LogP contribution in [0.3, 0.4) is 0 Å². The minimum atomic E-state index is -0.207. The van der Waals surface area contributed by atoms with Crippen molar-refractivity contribution in [2.75, 3.05) is 18.0 Å². The van der Waals surface area contributed by atoms with Crippen LogP contribution in [0.1, 0.15) is 12.1 Å². The molecule has 1 aromatic rings. The number of β-amino-alcohol motifs (C(OH)–C–C–N with tert-alkyl or cyclic N) is 1. The van der Waals surface area contributed by atoms with Crippen molar-refractivity contribution < 1.29 is 5.11 Å². The van der Waals surface area contributed by atoms with Crippen LogP contribution in [0.25, 0.3) is 0 Å². The normalized spacial score (nSPS) is 22.3. The zero-order chi connectivity index (χ0) is 9.26. The van der Waals surface area contributed by atoms with Crippen molar-refractivity contribution in [3.05, 3.63) is 18.1 Å². The van der Waals surface area contributed by atoms with Gasteiger partial charge in [-0.15, -0.1) is 0 Å². The van der Waals surface area contributed by atoms with Crippen LogP contribution in [0, 0.1) is 6.92 Å². The van der Waals surface area contributed by atoms with E-state index in [2.05, 4.69) is 14.9 Å². The Morgan fingerprint density at radius 2 is 2.23 bits per heavy atom. The number of aryl methyl sites for hydroxylation is 1. The molecule has 2 rings (SSSR count). The van der Waals surface area contributed by atoms with Gasteiger partial charge in [-0.2, -0.15) is 0 Å². The number of anilines is 1. The van der Waals surface area contributed by atoms with Crippen molar-refractivity contribution in [2.45, 2.75) is 19.4 Å². The molecule has 1 atom stereocenters. The molecule has 1 N–H and O–H groups in total. The quantitative estimate of drug-likeness (QED) is 0.676. The molecule has 4 nitrogen and oxygen atoms in total. The molecule has 0 saturated carbocycles. The summed E-state index contributed by atoms with van der Waals surface area (Å²) in [5.41, 5.74) is 0.927. The minimum Gasteiger partial charge on any atom is -0.391 e. The maximum atomic E-state index is 9.36. The van der Waals surface area contributed by atoms with Crippen LogP contribution in [-0.4, -0.2) is 34.3 Å². The number of hydrogen-bond donors (Lipinski definition) is 1. The van der Waals surface area contributed by atoms with Crippen LogP contribution in [0.4, 0.5) is 5.82 Å². The fraction of sp³-hybridized carbons (Fsp3) is 0.556. The van der Waals surface area contributed by atoms with E-state index in [9.17, 15) is 5.11 Å². The van der Waals surface area contributed by atoms with E-state index in [1.54, 1.807) is 12.4 Å². The molecule has 0 aliphatic carbocycles. The lowest BCUT2D eigenvalue weighted by Crippen LogP contribution is -2.23. The maximum absolute atomic E-state index is 9.36. The monoisotopic (exact) mass is 179 g/mol. The van der Waals surface area contributed by atoms with Gasteiger partial charge in [0.2, 0.25) is 0 Å². The van der Waals surface area contributed by atoms with Crippen molar-refractivity contribution in [1.82, 2.24) is 9.97 Å². The highest BCUT2D eigenvalue weighted by atomic mass is 16.3. The lowest BCUT2D eigenvalue weighted by Gasteiger charge is -2.17. The Labute approximate surface area is 77.2 Å². The fourth-order valence-electron chi connectivity index (χ4n) is 1.64. The third-order valence-electron chi connectivity index (χ3n) is 2.32. The molecule has 2 heterocycles. The molecule has 1 aliphatic heterocycles. The molecule has 0 amide bonds. The third-order valence-corrected chi connectivity index (χ3v) is 2.32. The molecule has 0 aromatic carbocycles. The zero-order valence-corrected chi connectivity index (χ0v) is 7.64. The first kappa shape index (κ1) is 8.44. The van der Waals surface area contributed by atoms with E-state index in [-0.39, 0.29) is 6.10 Å². The number of aliphatic hydroxyl groups excluding tert-OH is 1. The van der Waals surface area contributed by atoms with Gasteiger partial charge in [-0.1, -0.05) is 0 Å². The molecule has 4 heteroatoms. The first-order valence-electron chi connectivity index (χ1n) is 4.48. The molecular formula is C9H13N3O. The highest BCUT2D eigenvalue weighted by Gasteiger charge is 2.22. The molecular weight excluding hydrogens is 166 g/mol. The number of hydrogen-bond acceptors (Lipinski definition) is 4. The molecule has 0 spiro atoms. The largest absolute Gasteiger partial charge is 0.391 e. The Hall–Kier alpha value is -1.16. The van der Waals surface area contributed by atoms with Gasteiger partial charge in [0.15, 0.2) is 0 Å². The van der Waals surface area contributed by atoms with Crippen LogP contribution in [0.2, 0.25) is 0 Å². The van der Waals surface area contributed by atoms with Gasteiger partial charge in [0.25, 0.3) is 0 Å². The Morgan fingerprint density at radius 1 is 1.46 bits per heavy atom. The second-order valence-electron chi connectivity index (χ2n) is 3.35. The fourth-order valence-corrected chi connectivity index (χ4v) is 1.64. The highest BCUT2D eigenvalue weighted by molar-refractivity contribution is 5.43. The molecule has 13 heavy (non-hydrogen) atoms. The van der Waals surface area contributed by atoms with E-state index in [1.807, 2.05) is 6.92 Å². The molecule has 1 aromatic heterocycles. The van der Waals surface area contributed by atoms with Crippen LogP contribution in [-0.2, 0) is 0 Å². The number of nitrogens with zero attached hydrogens (tertiary/aromatic N) is 3. The van der Waals surface area contributed by atoms with Gasteiger partial charge in [0.1, 0.15) is 5.82 Å². The summed E-state index contributed by atoms with van der Waals surface area (Å²) in [7, 11) is 0. The summed E-state index contributed by atoms with van der Waals surface area (Å²) in [5.74, 6) is 0.902. The van der Waals surface area contributed by atoms with Gasteiger partial charge in [-0.05, 0) is 13.3 Å². The van der Waals surface area contributed by atoms with E-state index in [0.29, 0.717) is 6.54 Å². The molecule has 1 aliphatic rings. The maximum Gasteiger partial charge on any atom is 0.150 e. The van der Waals surface area contributed by atoms with E-state index < -0.39 is 0 Å². The van der Waals surface area contributed by atoms with Crippen molar-refractivity contribution >= 4 is 5.82 Å². The average Bonchev–Trinajstić information content (AvgIpc) is 2.53. The van der Waals surface area contributed by atoms with Crippen molar-refractivity contribution in [2.24, 2.45) is 0 Å². The molecule has 1 fully saturated rings. The summed E-state index contributed by atoms with van der Waals surface area (Å²) < 4.78 is 0. The van der Waals surface area contributed by atoms with E-state index in [1.165, 1.54) is 0 Å². The lowest BCUT2D eigenvalue weighted by atomic mass is 10.3. The van der Waals surface area contributed by atoms with Gasteiger partial charge in [0, 0.05) is 25.5 Å². The first-order chi connectivity index (χ1) is 6.27. The van der Waals surface area contributed by atoms with Crippen molar-refractivity contribution in [1.29, 1.82) is 0 Å². The summed E-state index contributed by atoms with van der Waals surface area (Å²) in [6, 6.07) is 0. The number of aromatic nitrogens is 2. The van der Waals surface area contributed by atoms with Gasteiger partial charge in [-0.25, -0.2) is 4.98 Å². The summed E-state index contributed by atoms with van der Waals surface area (Å²) >= 11 is 0. The first-order valence-corrected chi connectivity index (χ1v) is 4.48. The predicted molar refractivity (Wildman–Crippen MR) is 49.6 cm³/mol. The van der Waals surface area contributed by atoms with Crippen LogP contribution < -0.4 is 4.90 Å². The summed E-state index contributed by atoms with van der Waals surface area (Å²) in [4.78, 5) is 10.5. The Morgan fingerprint density at radius 3 is 2.85 bits per heavy atom. The van der Waals surface area contributed by atoms with E-state index in [4.69, 9.17) is 0 Å². The van der Waals surface area contributed by atoms with Gasteiger partial charge < -0.3 is 10.0 Å². The Bertz CT molecular complexity index is 303. The van der Waals surface area contributed by atoms with Crippen molar-refractivity contribution in [3.63, 3.8) is 0 Å². The second-order valence-corrected chi connectivity index (χ2v) is 3.35.